The molecule has 76 valence electrons. The van der Waals surface area contributed by atoms with Crippen molar-refractivity contribution in [2.24, 2.45) is 0 Å². The first-order valence-corrected chi connectivity index (χ1v) is 4.58. The van der Waals surface area contributed by atoms with Crippen molar-refractivity contribution >= 4 is 23.2 Å². The van der Waals surface area contributed by atoms with Crippen LogP contribution in [0.3, 0.4) is 0 Å². The van der Waals surface area contributed by atoms with Gasteiger partial charge < -0.3 is 9.73 Å². The number of rotatable bonds is 2. The molecule has 0 aliphatic rings. The van der Waals surface area contributed by atoms with Crippen molar-refractivity contribution in [2.45, 2.75) is 0 Å². The molecule has 0 unspecified atom stereocenters. The summed E-state index contributed by atoms with van der Waals surface area (Å²) < 4.78 is 4.70. The molecular formula is C10H7ClN2O2. The van der Waals surface area contributed by atoms with Gasteiger partial charge >= 0.3 is 0 Å². The normalized spacial score (nSPS) is 9.93. The number of carbonyl (C=O) groups excluding carboxylic acids is 1. The first-order valence-electron chi connectivity index (χ1n) is 4.21. The van der Waals surface area contributed by atoms with Crippen LogP contribution >= 0.6 is 11.6 Å². The van der Waals surface area contributed by atoms with Crippen molar-refractivity contribution in [2.75, 3.05) is 5.32 Å². The summed E-state index contributed by atoms with van der Waals surface area (Å²) in [5.41, 5.74) is 0.852. The maximum Gasteiger partial charge on any atom is 0.277 e. The maximum atomic E-state index is 11.5. The summed E-state index contributed by atoms with van der Waals surface area (Å²) in [6, 6.07) is 6.87. The number of nitrogens with zero attached hydrogens (tertiary/aromatic N) is 1. The molecule has 2 aromatic rings. The average Bonchev–Trinajstić information content (AvgIpc) is 2.70. The average molecular weight is 223 g/mol. The van der Waals surface area contributed by atoms with E-state index in [-0.39, 0.29) is 11.6 Å². The van der Waals surface area contributed by atoms with Crippen molar-refractivity contribution < 1.29 is 9.21 Å². The molecule has 0 fully saturated rings. The molecule has 1 amide bonds. The van der Waals surface area contributed by atoms with Gasteiger partial charge in [-0.05, 0) is 18.2 Å². The van der Waals surface area contributed by atoms with Crippen molar-refractivity contribution in [3.8, 4) is 0 Å². The molecule has 0 bridgehead atoms. The predicted octanol–water partition coefficient (Wildman–Crippen LogP) is 2.58. The molecule has 1 aromatic heterocycles. The Morgan fingerprint density at radius 2 is 2.33 bits per heavy atom. The fourth-order valence-corrected chi connectivity index (χ4v) is 1.28. The van der Waals surface area contributed by atoms with Crippen LogP contribution in [-0.2, 0) is 0 Å². The Balaban J connectivity index is 2.13. The summed E-state index contributed by atoms with van der Waals surface area (Å²) in [6.07, 6.45) is 2.48. The van der Waals surface area contributed by atoms with Gasteiger partial charge in [0.25, 0.3) is 5.91 Å². The SMILES string of the molecule is O=C(Nc1cccc(Cl)c1)c1cocn1. The number of benzene rings is 1. The monoisotopic (exact) mass is 222 g/mol. The second-order valence-electron chi connectivity index (χ2n) is 2.84. The van der Waals surface area contributed by atoms with E-state index in [1.54, 1.807) is 24.3 Å². The highest BCUT2D eigenvalue weighted by atomic mass is 35.5. The van der Waals surface area contributed by atoms with E-state index in [2.05, 4.69) is 10.3 Å². The number of oxazole rings is 1. The molecule has 0 radical (unpaired) electrons. The first-order chi connectivity index (χ1) is 7.25. The molecule has 2 rings (SSSR count). The van der Waals surface area contributed by atoms with Gasteiger partial charge in [0, 0.05) is 10.7 Å². The first kappa shape index (κ1) is 9.73. The van der Waals surface area contributed by atoms with E-state index in [0.29, 0.717) is 10.7 Å². The molecule has 4 nitrogen and oxygen atoms in total. The van der Waals surface area contributed by atoms with Crippen LogP contribution in [-0.4, -0.2) is 10.9 Å². The van der Waals surface area contributed by atoms with E-state index in [1.807, 2.05) is 0 Å². The Hall–Kier alpha value is -1.81. The Bertz CT molecular complexity index is 468. The van der Waals surface area contributed by atoms with E-state index in [9.17, 15) is 4.79 Å². The predicted molar refractivity (Wildman–Crippen MR) is 55.9 cm³/mol. The quantitative estimate of drug-likeness (QED) is 0.850. The van der Waals surface area contributed by atoms with E-state index >= 15 is 0 Å². The number of nitrogens with one attached hydrogen (secondary N) is 1. The highest BCUT2D eigenvalue weighted by molar-refractivity contribution is 6.30. The Kier molecular flexibility index (Phi) is 2.69. The van der Waals surface area contributed by atoms with E-state index in [4.69, 9.17) is 16.0 Å². The molecule has 5 heteroatoms. The van der Waals surface area contributed by atoms with Gasteiger partial charge in [-0.1, -0.05) is 17.7 Å². The molecule has 0 spiro atoms. The number of carbonyl (C=O) groups is 1. The van der Waals surface area contributed by atoms with Gasteiger partial charge in [-0.2, -0.15) is 0 Å². The minimum atomic E-state index is -0.328. The summed E-state index contributed by atoms with van der Waals surface area (Å²) in [6.45, 7) is 0. The van der Waals surface area contributed by atoms with Gasteiger partial charge in [-0.3, -0.25) is 4.79 Å². The number of aromatic nitrogens is 1. The van der Waals surface area contributed by atoms with E-state index in [1.165, 1.54) is 12.7 Å². The van der Waals surface area contributed by atoms with Gasteiger partial charge in [-0.25, -0.2) is 4.98 Å². The Morgan fingerprint density at radius 3 is 3.00 bits per heavy atom. The smallest absolute Gasteiger partial charge is 0.277 e. The minimum Gasteiger partial charge on any atom is -0.451 e. The largest absolute Gasteiger partial charge is 0.451 e. The second-order valence-corrected chi connectivity index (χ2v) is 3.27. The fourth-order valence-electron chi connectivity index (χ4n) is 1.09. The van der Waals surface area contributed by atoms with Crippen molar-refractivity contribution in [1.82, 2.24) is 4.98 Å². The lowest BCUT2D eigenvalue weighted by Crippen LogP contribution is -2.11. The third-order valence-corrected chi connectivity index (χ3v) is 1.98. The highest BCUT2D eigenvalue weighted by Crippen LogP contribution is 2.15. The number of anilines is 1. The van der Waals surface area contributed by atoms with Gasteiger partial charge in [-0.15, -0.1) is 0 Å². The Morgan fingerprint density at radius 1 is 1.47 bits per heavy atom. The number of hydrogen-bond acceptors (Lipinski definition) is 3. The number of amides is 1. The second kappa shape index (κ2) is 4.14. The minimum absolute atomic E-state index is 0.231. The zero-order chi connectivity index (χ0) is 10.7. The maximum absolute atomic E-state index is 11.5. The molecule has 1 N–H and O–H groups in total. The number of halogens is 1. The van der Waals surface area contributed by atoms with Crippen LogP contribution in [0, 0.1) is 0 Å². The molecule has 0 saturated heterocycles. The van der Waals surface area contributed by atoms with Gasteiger partial charge in [0.15, 0.2) is 12.1 Å². The van der Waals surface area contributed by atoms with E-state index in [0.717, 1.165) is 0 Å². The van der Waals surface area contributed by atoms with Crippen LogP contribution in [0.4, 0.5) is 5.69 Å². The van der Waals surface area contributed by atoms with Crippen molar-refractivity contribution in [3.63, 3.8) is 0 Å². The summed E-state index contributed by atoms with van der Waals surface area (Å²) in [5, 5.41) is 3.20. The third kappa shape index (κ3) is 2.35. The van der Waals surface area contributed by atoms with Crippen LogP contribution in [0.15, 0.2) is 41.3 Å². The fraction of sp³-hybridized carbons (Fsp3) is 0. The molecule has 15 heavy (non-hydrogen) atoms. The van der Waals surface area contributed by atoms with Gasteiger partial charge in [0.1, 0.15) is 6.26 Å². The molecule has 1 heterocycles. The van der Waals surface area contributed by atoms with E-state index < -0.39 is 0 Å². The molecule has 0 saturated carbocycles. The standard InChI is InChI=1S/C10H7ClN2O2/c11-7-2-1-3-8(4-7)13-10(14)9-5-15-6-12-9/h1-6H,(H,13,14). The van der Waals surface area contributed by atoms with Gasteiger partial charge in [0.2, 0.25) is 0 Å². The van der Waals surface area contributed by atoms with Gasteiger partial charge in [0.05, 0.1) is 0 Å². The summed E-state index contributed by atoms with van der Waals surface area (Å²) in [5.74, 6) is -0.328. The zero-order valence-electron chi connectivity index (χ0n) is 7.61. The molecular weight excluding hydrogens is 216 g/mol. The summed E-state index contributed by atoms with van der Waals surface area (Å²) in [4.78, 5) is 15.2. The summed E-state index contributed by atoms with van der Waals surface area (Å²) in [7, 11) is 0. The lowest BCUT2D eigenvalue weighted by atomic mass is 10.3. The molecule has 0 aliphatic heterocycles. The van der Waals surface area contributed by atoms with Crippen LogP contribution in [0.5, 0.6) is 0 Å². The van der Waals surface area contributed by atoms with Crippen LogP contribution in [0.2, 0.25) is 5.02 Å². The van der Waals surface area contributed by atoms with Crippen molar-refractivity contribution in [3.05, 3.63) is 47.6 Å². The van der Waals surface area contributed by atoms with Crippen LogP contribution in [0.25, 0.3) is 0 Å². The molecule has 1 aromatic carbocycles. The van der Waals surface area contributed by atoms with Crippen LogP contribution in [0.1, 0.15) is 10.5 Å². The lowest BCUT2D eigenvalue weighted by molar-refractivity contribution is 0.102. The molecule has 0 aliphatic carbocycles. The topological polar surface area (TPSA) is 55.1 Å². The zero-order valence-corrected chi connectivity index (χ0v) is 8.36. The highest BCUT2D eigenvalue weighted by Gasteiger charge is 2.08. The summed E-state index contributed by atoms with van der Waals surface area (Å²) >= 11 is 5.77. The molecule has 0 atom stereocenters. The third-order valence-electron chi connectivity index (χ3n) is 1.75. The lowest BCUT2D eigenvalue weighted by Gasteiger charge is -2.02. The Labute approximate surface area is 90.9 Å². The van der Waals surface area contributed by atoms with Crippen LogP contribution < -0.4 is 5.32 Å². The number of hydrogen-bond donors (Lipinski definition) is 1. The van der Waals surface area contributed by atoms with Crippen molar-refractivity contribution in [1.29, 1.82) is 0 Å².